The van der Waals surface area contributed by atoms with Gasteiger partial charge in [-0.15, -0.1) is 11.8 Å². The first-order valence-electron chi connectivity index (χ1n) is 8.88. The molecule has 3 unspecified atom stereocenters. The van der Waals surface area contributed by atoms with E-state index in [9.17, 15) is 26.0 Å². The Balaban J connectivity index is 1.94. The van der Waals surface area contributed by atoms with Crippen molar-refractivity contribution in [1.29, 1.82) is 0 Å². The molecule has 3 heterocycles. The van der Waals surface area contributed by atoms with Crippen molar-refractivity contribution in [3.05, 3.63) is 30.1 Å². The zero-order valence-corrected chi connectivity index (χ0v) is 18.0. The van der Waals surface area contributed by atoms with Crippen molar-refractivity contribution < 1.29 is 30.7 Å². The highest BCUT2D eigenvalue weighted by Crippen LogP contribution is 2.49. The van der Waals surface area contributed by atoms with Gasteiger partial charge in [0.2, 0.25) is 0 Å². The van der Waals surface area contributed by atoms with E-state index in [1.165, 1.54) is 32.5 Å². The number of aliphatic imine (C=N–C) groups is 1. The third kappa shape index (κ3) is 4.03. The SMILES string of the molecule is COc1cncc(C2=CC(F)C([C@]3(C)CS(=O)(=O)C(C)(CC(F)(F)F)C(N)=N3)S2)c1. The maximum absolute atomic E-state index is 14.9. The summed E-state index contributed by atoms with van der Waals surface area (Å²) in [5, 5.41) is -0.984. The molecule has 0 fully saturated rings. The number of allylic oxidation sites excluding steroid dienone is 1. The van der Waals surface area contributed by atoms with Crippen molar-refractivity contribution in [3.63, 3.8) is 0 Å². The lowest BCUT2D eigenvalue weighted by atomic mass is 9.95. The second-order valence-corrected chi connectivity index (χ2v) is 11.4. The summed E-state index contributed by atoms with van der Waals surface area (Å²) in [6.07, 6.45) is -3.68. The van der Waals surface area contributed by atoms with Crippen LogP contribution in [0, 0.1) is 0 Å². The second kappa shape index (κ2) is 7.40. The Hall–Kier alpha value is -1.82. The van der Waals surface area contributed by atoms with Crippen LogP contribution in [0.2, 0.25) is 0 Å². The van der Waals surface area contributed by atoms with Gasteiger partial charge in [-0.2, -0.15) is 13.2 Å². The summed E-state index contributed by atoms with van der Waals surface area (Å²) in [7, 11) is -2.92. The summed E-state index contributed by atoms with van der Waals surface area (Å²) in [6.45, 7) is 2.31. The number of aromatic nitrogens is 1. The van der Waals surface area contributed by atoms with E-state index in [-0.39, 0.29) is 0 Å². The molecule has 0 amide bonds. The fourth-order valence-electron chi connectivity index (χ4n) is 3.63. The highest BCUT2D eigenvalue weighted by molar-refractivity contribution is 8.09. The van der Waals surface area contributed by atoms with Crippen LogP contribution in [-0.4, -0.2) is 60.0 Å². The maximum atomic E-state index is 14.9. The Kier molecular flexibility index (Phi) is 5.64. The van der Waals surface area contributed by atoms with Gasteiger partial charge in [0.05, 0.1) is 36.3 Å². The molecular formula is C18H21F4N3O3S2. The minimum absolute atomic E-state index is 0.462. The molecule has 0 aliphatic carbocycles. The summed E-state index contributed by atoms with van der Waals surface area (Å²) in [4.78, 5) is 8.65. The Morgan fingerprint density at radius 2 is 2.00 bits per heavy atom. The second-order valence-electron chi connectivity index (χ2n) is 7.76. The molecule has 3 rings (SSSR count). The van der Waals surface area contributed by atoms with Crippen LogP contribution < -0.4 is 10.5 Å². The van der Waals surface area contributed by atoms with E-state index >= 15 is 0 Å². The zero-order valence-electron chi connectivity index (χ0n) is 16.4. The van der Waals surface area contributed by atoms with E-state index in [0.29, 0.717) is 16.2 Å². The fraction of sp³-hybridized carbons (Fsp3) is 0.556. The Morgan fingerprint density at radius 3 is 2.57 bits per heavy atom. The lowest BCUT2D eigenvalue weighted by Crippen LogP contribution is -2.61. The predicted octanol–water partition coefficient (Wildman–Crippen LogP) is 3.14. The Labute approximate surface area is 175 Å². The summed E-state index contributed by atoms with van der Waals surface area (Å²) < 4.78 is 82.4. The average Bonchev–Trinajstić information content (AvgIpc) is 3.01. The smallest absolute Gasteiger partial charge is 0.391 e. The molecule has 2 aliphatic rings. The van der Waals surface area contributed by atoms with Crippen LogP contribution in [0.15, 0.2) is 29.5 Å². The number of amidine groups is 1. The van der Waals surface area contributed by atoms with Gasteiger partial charge in [-0.3, -0.25) is 9.98 Å². The van der Waals surface area contributed by atoms with Gasteiger partial charge in [0, 0.05) is 16.7 Å². The molecular weight excluding hydrogens is 446 g/mol. The fourth-order valence-corrected chi connectivity index (χ4v) is 7.14. The lowest BCUT2D eigenvalue weighted by molar-refractivity contribution is -0.137. The quantitative estimate of drug-likeness (QED) is 0.684. The van der Waals surface area contributed by atoms with Crippen LogP contribution in [0.25, 0.3) is 4.91 Å². The highest BCUT2D eigenvalue weighted by Gasteiger charge is 2.58. The molecule has 0 saturated heterocycles. The van der Waals surface area contributed by atoms with Crippen molar-refractivity contribution in [2.75, 3.05) is 12.9 Å². The molecule has 0 bridgehead atoms. The van der Waals surface area contributed by atoms with Crippen LogP contribution in [0.1, 0.15) is 25.8 Å². The lowest BCUT2D eigenvalue weighted by Gasteiger charge is -2.42. The normalized spacial score (nSPS) is 33.7. The minimum Gasteiger partial charge on any atom is -0.495 e. The third-order valence-electron chi connectivity index (χ3n) is 5.32. The summed E-state index contributed by atoms with van der Waals surface area (Å²) >= 11 is 1.05. The zero-order chi connectivity index (χ0) is 22.5. The number of sulfone groups is 1. The Bertz CT molecular complexity index is 1010. The summed E-state index contributed by atoms with van der Waals surface area (Å²) in [5.41, 5.74) is 4.80. The number of thioether (sulfide) groups is 1. The number of methoxy groups -OCH3 is 1. The van der Waals surface area contributed by atoms with Crippen LogP contribution in [0.4, 0.5) is 17.6 Å². The predicted molar refractivity (Wildman–Crippen MR) is 108 cm³/mol. The number of pyridine rings is 1. The van der Waals surface area contributed by atoms with Crippen LogP contribution in [0.3, 0.4) is 0 Å². The molecule has 0 radical (unpaired) electrons. The van der Waals surface area contributed by atoms with E-state index in [4.69, 9.17) is 10.5 Å². The van der Waals surface area contributed by atoms with Crippen molar-refractivity contribution in [1.82, 2.24) is 4.98 Å². The van der Waals surface area contributed by atoms with E-state index < -0.39 is 55.7 Å². The van der Waals surface area contributed by atoms with Gasteiger partial charge in [-0.25, -0.2) is 12.8 Å². The number of hydrogen-bond acceptors (Lipinski definition) is 7. The number of halogens is 4. The highest BCUT2D eigenvalue weighted by atomic mass is 32.2. The number of nitrogens with zero attached hydrogens (tertiary/aromatic N) is 2. The molecule has 0 saturated carbocycles. The minimum atomic E-state index is -4.76. The Morgan fingerprint density at radius 1 is 1.33 bits per heavy atom. The maximum Gasteiger partial charge on any atom is 0.391 e. The van der Waals surface area contributed by atoms with Crippen LogP contribution in [0.5, 0.6) is 5.75 Å². The van der Waals surface area contributed by atoms with Gasteiger partial charge in [-0.05, 0) is 26.0 Å². The van der Waals surface area contributed by atoms with E-state index in [0.717, 1.165) is 18.7 Å². The average molecular weight is 468 g/mol. The van der Waals surface area contributed by atoms with E-state index in [1.54, 1.807) is 6.07 Å². The van der Waals surface area contributed by atoms with Crippen molar-refractivity contribution in [2.24, 2.45) is 10.7 Å². The van der Waals surface area contributed by atoms with Crippen molar-refractivity contribution in [3.8, 4) is 5.75 Å². The van der Waals surface area contributed by atoms with Crippen LogP contribution >= 0.6 is 11.8 Å². The van der Waals surface area contributed by atoms with E-state index in [1.807, 2.05) is 0 Å². The first-order chi connectivity index (χ1) is 13.7. The molecule has 1 aromatic rings. The summed E-state index contributed by atoms with van der Waals surface area (Å²) in [5.74, 6) is -0.939. The van der Waals surface area contributed by atoms with Gasteiger partial charge in [0.25, 0.3) is 0 Å². The van der Waals surface area contributed by atoms with Crippen molar-refractivity contribution in [2.45, 2.75) is 48.2 Å². The van der Waals surface area contributed by atoms with Gasteiger partial charge in [0.15, 0.2) is 9.84 Å². The van der Waals surface area contributed by atoms with Gasteiger partial charge in [-0.1, -0.05) is 0 Å². The third-order valence-corrected chi connectivity index (χ3v) is 9.66. The van der Waals surface area contributed by atoms with Gasteiger partial charge < -0.3 is 10.5 Å². The van der Waals surface area contributed by atoms with Gasteiger partial charge >= 0.3 is 6.18 Å². The number of alkyl halides is 4. The number of rotatable bonds is 4. The first-order valence-corrected chi connectivity index (χ1v) is 11.4. The molecule has 12 heteroatoms. The molecule has 6 nitrogen and oxygen atoms in total. The molecule has 2 aliphatic heterocycles. The molecule has 30 heavy (non-hydrogen) atoms. The number of hydrogen-bond donors (Lipinski definition) is 1. The summed E-state index contributed by atoms with van der Waals surface area (Å²) in [6, 6.07) is 1.65. The standard InChI is InChI=1S/C18H21F4N3O3S2/c1-16(9-30(26,27)17(2,15(23)25-16)8-18(20,21)22)14-12(19)5-13(29-14)10-4-11(28-3)7-24-6-10/h4-7,12,14H,8-9H2,1-3H3,(H2,23,25)/t12?,14?,16-,17?/m0/s1. The number of nitrogens with two attached hydrogens (primary N) is 1. The molecule has 166 valence electrons. The van der Waals surface area contributed by atoms with Crippen molar-refractivity contribution >= 4 is 32.3 Å². The topological polar surface area (TPSA) is 94.6 Å². The molecule has 2 N–H and O–H groups in total. The number of ether oxygens (including phenoxy) is 1. The van der Waals surface area contributed by atoms with E-state index in [2.05, 4.69) is 9.98 Å². The monoisotopic (exact) mass is 467 g/mol. The molecule has 0 spiro atoms. The largest absolute Gasteiger partial charge is 0.495 e. The molecule has 4 atom stereocenters. The molecule has 0 aromatic carbocycles. The molecule has 1 aromatic heterocycles. The van der Waals surface area contributed by atoms with Gasteiger partial charge in [0.1, 0.15) is 22.5 Å². The van der Waals surface area contributed by atoms with Crippen LogP contribution in [-0.2, 0) is 9.84 Å². The first kappa shape index (κ1) is 22.9.